The summed E-state index contributed by atoms with van der Waals surface area (Å²) in [6.45, 7) is 3.76. The summed E-state index contributed by atoms with van der Waals surface area (Å²) in [6.07, 6.45) is 2.07. The van der Waals surface area contributed by atoms with Crippen LogP contribution in [0.3, 0.4) is 0 Å². The SMILES string of the molecule is CNC1CCN(C(=O)c2sccc2-c2ccc(C)cc2)CC1.Cl. The van der Waals surface area contributed by atoms with Gasteiger partial charge in [-0.15, -0.1) is 23.7 Å². The van der Waals surface area contributed by atoms with Crippen molar-refractivity contribution >= 4 is 29.7 Å². The first-order valence-corrected chi connectivity index (χ1v) is 8.68. The topological polar surface area (TPSA) is 32.3 Å². The number of aryl methyl sites for hydroxylation is 1. The second-order valence-corrected chi connectivity index (χ2v) is 6.80. The highest BCUT2D eigenvalue weighted by atomic mass is 35.5. The Hall–Kier alpha value is -1.36. The average Bonchev–Trinajstić information content (AvgIpc) is 3.04. The fraction of sp³-hybridized carbons (Fsp3) is 0.389. The number of rotatable bonds is 3. The van der Waals surface area contributed by atoms with Crippen molar-refractivity contribution in [3.05, 3.63) is 46.2 Å². The van der Waals surface area contributed by atoms with Crippen molar-refractivity contribution in [2.24, 2.45) is 0 Å². The molecular formula is C18H23ClN2OS. The monoisotopic (exact) mass is 350 g/mol. The second-order valence-electron chi connectivity index (χ2n) is 5.88. The van der Waals surface area contributed by atoms with Crippen molar-refractivity contribution in [3.63, 3.8) is 0 Å². The molecule has 0 aliphatic carbocycles. The minimum absolute atomic E-state index is 0. The summed E-state index contributed by atoms with van der Waals surface area (Å²) in [5, 5.41) is 5.32. The van der Waals surface area contributed by atoms with Crippen LogP contribution < -0.4 is 5.32 Å². The van der Waals surface area contributed by atoms with E-state index in [1.54, 1.807) is 11.3 Å². The van der Waals surface area contributed by atoms with Crippen LogP contribution in [0.5, 0.6) is 0 Å². The lowest BCUT2D eigenvalue weighted by Gasteiger charge is -2.31. The van der Waals surface area contributed by atoms with Gasteiger partial charge in [-0.25, -0.2) is 0 Å². The fourth-order valence-corrected chi connectivity index (χ4v) is 3.83. The minimum atomic E-state index is 0. The molecule has 2 aromatic rings. The number of halogens is 1. The molecule has 1 saturated heterocycles. The Balaban J connectivity index is 0.00000192. The molecule has 1 aliphatic heterocycles. The highest BCUT2D eigenvalue weighted by Gasteiger charge is 2.25. The van der Waals surface area contributed by atoms with Gasteiger partial charge in [0.1, 0.15) is 0 Å². The number of hydrogen-bond donors (Lipinski definition) is 1. The number of nitrogens with one attached hydrogen (secondary N) is 1. The number of carbonyl (C=O) groups is 1. The van der Waals surface area contributed by atoms with Gasteiger partial charge in [0.2, 0.25) is 0 Å². The Morgan fingerprint density at radius 1 is 1.17 bits per heavy atom. The number of carbonyl (C=O) groups excluding carboxylic acids is 1. The molecule has 0 atom stereocenters. The van der Waals surface area contributed by atoms with Gasteiger partial charge in [-0.05, 0) is 43.8 Å². The zero-order valence-electron chi connectivity index (χ0n) is 13.5. The molecule has 23 heavy (non-hydrogen) atoms. The van der Waals surface area contributed by atoms with E-state index in [0.29, 0.717) is 6.04 Å². The number of hydrogen-bond acceptors (Lipinski definition) is 3. The van der Waals surface area contributed by atoms with Crippen molar-refractivity contribution in [3.8, 4) is 11.1 Å². The quantitative estimate of drug-likeness (QED) is 0.908. The van der Waals surface area contributed by atoms with Crippen LogP contribution in [0.4, 0.5) is 0 Å². The van der Waals surface area contributed by atoms with E-state index < -0.39 is 0 Å². The molecule has 1 fully saturated rings. The van der Waals surface area contributed by atoms with E-state index >= 15 is 0 Å². The van der Waals surface area contributed by atoms with Crippen LogP contribution >= 0.6 is 23.7 Å². The largest absolute Gasteiger partial charge is 0.338 e. The number of likely N-dealkylation sites (tertiary alicyclic amines) is 1. The van der Waals surface area contributed by atoms with E-state index in [1.165, 1.54) is 5.56 Å². The number of benzene rings is 1. The summed E-state index contributed by atoms with van der Waals surface area (Å²) in [5.41, 5.74) is 3.42. The average molecular weight is 351 g/mol. The van der Waals surface area contributed by atoms with Gasteiger partial charge < -0.3 is 10.2 Å². The summed E-state index contributed by atoms with van der Waals surface area (Å²) >= 11 is 1.55. The zero-order chi connectivity index (χ0) is 15.5. The molecule has 5 heteroatoms. The van der Waals surface area contributed by atoms with E-state index in [-0.39, 0.29) is 18.3 Å². The van der Waals surface area contributed by atoms with Crippen molar-refractivity contribution < 1.29 is 4.79 Å². The second kappa shape index (κ2) is 7.95. The minimum Gasteiger partial charge on any atom is -0.338 e. The number of piperidine rings is 1. The number of nitrogens with zero attached hydrogens (tertiary/aromatic N) is 1. The molecular weight excluding hydrogens is 328 g/mol. The molecule has 0 radical (unpaired) electrons. The third kappa shape index (κ3) is 3.94. The molecule has 3 rings (SSSR count). The van der Waals surface area contributed by atoms with Gasteiger partial charge in [0.25, 0.3) is 5.91 Å². The summed E-state index contributed by atoms with van der Waals surface area (Å²) in [4.78, 5) is 15.7. The maximum absolute atomic E-state index is 12.8. The molecule has 0 bridgehead atoms. The van der Waals surface area contributed by atoms with Gasteiger partial charge in [-0.3, -0.25) is 4.79 Å². The first kappa shape index (κ1) is 18.0. The predicted molar refractivity (Wildman–Crippen MR) is 99.7 cm³/mol. The highest BCUT2D eigenvalue weighted by molar-refractivity contribution is 7.12. The lowest BCUT2D eigenvalue weighted by Crippen LogP contribution is -2.43. The Bertz CT molecular complexity index is 645. The van der Waals surface area contributed by atoms with Crippen LogP contribution in [0.1, 0.15) is 28.1 Å². The predicted octanol–water partition coefficient (Wildman–Crippen LogP) is 3.97. The summed E-state index contributed by atoms with van der Waals surface area (Å²) in [7, 11) is 2.00. The van der Waals surface area contributed by atoms with Gasteiger partial charge in [0.15, 0.2) is 0 Å². The van der Waals surface area contributed by atoms with Gasteiger partial charge in [0.05, 0.1) is 4.88 Å². The van der Waals surface area contributed by atoms with Gasteiger partial charge in [-0.1, -0.05) is 29.8 Å². The van der Waals surface area contributed by atoms with Crippen molar-refractivity contribution in [1.82, 2.24) is 10.2 Å². The van der Waals surface area contributed by atoms with Gasteiger partial charge >= 0.3 is 0 Å². The molecule has 0 saturated carbocycles. The van der Waals surface area contributed by atoms with Crippen molar-refractivity contribution in [2.75, 3.05) is 20.1 Å². The molecule has 1 aromatic carbocycles. The zero-order valence-corrected chi connectivity index (χ0v) is 15.2. The lowest BCUT2D eigenvalue weighted by atomic mass is 10.0. The van der Waals surface area contributed by atoms with Crippen LogP contribution in [-0.2, 0) is 0 Å². The normalized spacial score (nSPS) is 15.3. The van der Waals surface area contributed by atoms with Crippen molar-refractivity contribution in [2.45, 2.75) is 25.8 Å². The lowest BCUT2D eigenvalue weighted by molar-refractivity contribution is 0.0713. The highest BCUT2D eigenvalue weighted by Crippen LogP contribution is 2.30. The van der Waals surface area contributed by atoms with Crippen LogP contribution in [0.25, 0.3) is 11.1 Å². The summed E-state index contributed by atoms with van der Waals surface area (Å²) < 4.78 is 0. The summed E-state index contributed by atoms with van der Waals surface area (Å²) in [6, 6.07) is 11.0. The first-order chi connectivity index (χ1) is 10.7. The van der Waals surface area contributed by atoms with E-state index in [2.05, 4.69) is 42.6 Å². The smallest absolute Gasteiger partial charge is 0.264 e. The first-order valence-electron chi connectivity index (χ1n) is 7.80. The van der Waals surface area contributed by atoms with E-state index in [0.717, 1.165) is 41.9 Å². The Labute approximate surface area is 148 Å². The molecule has 0 spiro atoms. The van der Waals surface area contributed by atoms with E-state index in [1.807, 2.05) is 17.3 Å². The Kier molecular flexibility index (Phi) is 6.22. The fourth-order valence-electron chi connectivity index (χ4n) is 2.95. The molecule has 1 aliphatic rings. The molecule has 1 N–H and O–H groups in total. The van der Waals surface area contributed by atoms with Gasteiger partial charge in [0, 0.05) is 24.7 Å². The van der Waals surface area contributed by atoms with Crippen LogP contribution in [-0.4, -0.2) is 37.0 Å². The third-order valence-electron chi connectivity index (χ3n) is 4.41. The number of amides is 1. The molecule has 0 unspecified atom stereocenters. The maximum Gasteiger partial charge on any atom is 0.264 e. The third-order valence-corrected chi connectivity index (χ3v) is 5.31. The molecule has 3 nitrogen and oxygen atoms in total. The van der Waals surface area contributed by atoms with Crippen LogP contribution in [0.15, 0.2) is 35.7 Å². The summed E-state index contributed by atoms with van der Waals surface area (Å²) in [5.74, 6) is 0.181. The van der Waals surface area contributed by atoms with Crippen LogP contribution in [0, 0.1) is 6.92 Å². The van der Waals surface area contributed by atoms with E-state index in [4.69, 9.17) is 0 Å². The van der Waals surface area contributed by atoms with E-state index in [9.17, 15) is 4.79 Å². The Morgan fingerprint density at radius 3 is 2.43 bits per heavy atom. The molecule has 1 aromatic heterocycles. The standard InChI is InChI=1S/C18H22N2OS.ClH/c1-13-3-5-14(6-4-13)16-9-12-22-17(16)18(21)20-10-7-15(19-2)8-11-20;/h3-6,9,12,15,19H,7-8,10-11H2,1-2H3;1H. The molecule has 2 heterocycles. The molecule has 1 amide bonds. The number of thiophene rings is 1. The van der Waals surface area contributed by atoms with Gasteiger partial charge in [-0.2, -0.15) is 0 Å². The van der Waals surface area contributed by atoms with Crippen molar-refractivity contribution in [1.29, 1.82) is 0 Å². The Morgan fingerprint density at radius 2 is 1.83 bits per heavy atom. The maximum atomic E-state index is 12.8. The molecule has 124 valence electrons. The van der Waals surface area contributed by atoms with Crippen LogP contribution in [0.2, 0.25) is 0 Å².